The molecule has 0 saturated carbocycles. The monoisotopic (exact) mass is 208 g/mol. The Kier molecular flexibility index (Phi) is 4.49. The third-order valence-corrected chi connectivity index (χ3v) is 2.06. The van der Waals surface area contributed by atoms with Gasteiger partial charge < -0.3 is 5.43 Å². The highest BCUT2D eigenvalue weighted by atomic mass is 15.3. The van der Waals surface area contributed by atoms with Gasteiger partial charge in [0.1, 0.15) is 11.6 Å². The van der Waals surface area contributed by atoms with Gasteiger partial charge in [-0.2, -0.15) is 0 Å². The molecule has 0 radical (unpaired) electrons. The molecule has 1 rings (SSSR count). The number of nitrogen functional groups attached to an aromatic ring is 1. The summed E-state index contributed by atoms with van der Waals surface area (Å²) in [5, 5.41) is 0. The van der Waals surface area contributed by atoms with Crippen molar-refractivity contribution in [2.45, 2.75) is 40.0 Å². The Bertz CT molecular complexity index is 309. The van der Waals surface area contributed by atoms with Crippen molar-refractivity contribution in [3.8, 4) is 0 Å². The summed E-state index contributed by atoms with van der Waals surface area (Å²) in [4.78, 5) is 8.81. The highest BCUT2D eigenvalue weighted by Gasteiger charge is 2.05. The first kappa shape index (κ1) is 11.9. The number of nitrogens with one attached hydrogen (secondary N) is 1. The number of hydrogen-bond acceptors (Lipinski definition) is 4. The van der Waals surface area contributed by atoms with Crippen LogP contribution in [-0.4, -0.2) is 9.97 Å². The summed E-state index contributed by atoms with van der Waals surface area (Å²) in [5.74, 6) is 7.56. The molecule has 0 fully saturated rings. The smallest absolute Gasteiger partial charge is 0.143 e. The third kappa shape index (κ3) is 3.83. The summed E-state index contributed by atoms with van der Waals surface area (Å²) >= 11 is 0. The van der Waals surface area contributed by atoms with E-state index >= 15 is 0 Å². The molecule has 4 heteroatoms. The lowest BCUT2D eigenvalue weighted by molar-refractivity contribution is 0.629. The molecule has 0 unspecified atom stereocenters. The molecule has 0 aliphatic rings. The summed E-state index contributed by atoms with van der Waals surface area (Å²) in [6, 6.07) is 1.92. The molecule has 0 aliphatic carbocycles. The Morgan fingerprint density at radius 2 is 2.13 bits per heavy atom. The number of aromatic nitrogens is 2. The Hall–Kier alpha value is -1.16. The average Bonchev–Trinajstić information content (AvgIpc) is 2.16. The van der Waals surface area contributed by atoms with Gasteiger partial charge in [-0.05, 0) is 18.8 Å². The van der Waals surface area contributed by atoms with E-state index < -0.39 is 0 Å². The predicted octanol–water partition coefficient (Wildman–Crippen LogP) is 1.91. The molecule has 84 valence electrons. The Balaban J connectivity index is 2.89. The second kappa shape index (κ2) is 5.66. The molecule has 0 atom stereocenters. The van der Waals surface area contributed by atoms with Crippen LogP contribution in [0.3, 0.4) is 0 Å². The normalized spacial score (nSPS) is 10.7. The van der Waals surface area contributed by atoms with Crippen molar-refractivity contribution < 1.29 is 0 Å². The molecule has 4 nitrogen and oxygen atoms in total. The van der Waals surface area contributed by atoms with Crippen LogP contribution < -0.4 is 11.3 Å². The summed E-state index contributed by atoms with van der Waals surface area (Å²) in [6.07, 6.45) is 2.92. The first-order valence-corrected chi connectivity index (χ1v) is 5.49. The zero-order chi connectivity index (χ0) is 11.3. The Morgan fingerprint density at radius 3 is 2.67 bits per heavy atom. The zero-order valence-electron chi connectivity index (χ0n) is 9.75. The number of aryl methyl sites for hydroxylation is 1. The molecule has 3 N–H and O–H groups in total. The van der Waals surface area contributed by atoms with Crippen LogP contribution >= 0.6 is 0 Å². The molecule has 0 spiro atoms. The summed E-state index contributed by atoms with van der Waals surface area (Å²) in [6.45, 7) is 6.47. The average molecular weight is 208 g/mol. The summed E-state index contributed by atoms with van der Waals surface area (Å²) in [5.41, 5.74) is 3.65. The lowest BCUT2D eigenvalue weighted by atomic mass is 10.1. The van der Waals surface area contributed by atoms with Crippen LogP contribution in [0.5, 0.6) is 0 Å². The van der Waals surface area contributed by atoms with Gasteiger partial charge >= 0.3 is 0 Å². The molecule has 15 heavy (non-hydrogen) atoms. The number of nitrogens with two attached hydrogens (primary N) is 1. The van der Waals surface area contributed by atoms with E-state index in [0.717, 1.165) is 30.8 Å². The number of hydrazine groups is 1. The standard InChI is InChI=1S/C11H20N4/c1-4-5-10-13-9(6-8(2)3)7-11(14-10)15-12/h7-8H,4-6,12H2,1-3H3,(H,13,14,15). The fourth-order valence-electron chi connectivity index (χ4n) is 1.48. The molecular formula is C11H20N4. The van der Waals surface area contributed by atoms with Crippen molar-refractivity contribution in [1.29, 1.82) is 0 Å². The van der Waals surface area contributed by atoms with Crippen molar-refractivity contribution in [2.75, 3.05) is 5.43 Å². The Labute approximate surface area is 91.3 Å². The highest BCUT2D eigenvalue weighted by Crippen LogP contribution is 2.11. The van der Waals surface area contributed by atoms with Crippen molar-refractivity contribution >= 4 is 5.82 Å². The number of hydrogen-bond donors (Lipinski definition) is 2. The van der Waals surface area contributed by atoms with Gasteiger partial charge in [0.05, 0.1) is 0 Å². The lowest BCUT2D eigenvalue weighted by Gasteiger charge is -2.08. The molecule has 0 bridgehead atoms. The predicted molar refractivity (Wildman–Crippen MR) is 62.4 cm³/mol. The van der Waals surface area contributed by atoms with Gasteiger partial charge in [-0.3, -0.25) is 0 Å². The molecule has 0 amide bonds. The highest BCUT2D eigenvalue weighted by molar-refractivity contribution is 5.34. The molecule has 0 aliphatic heterocycles. The number of nitrogens with zero attached hydrogens (tertiary/aromatic N) is 2. The van der Waals surface area contributed by atoms with E-state index in [1.807, 2.05) is 6.07 Å². The van der Waals surface area contributed by atoms with Gasteiger partial charge in [-0.25, -0.2) is 15.8 Å². The van der Waals surface area contributed by atoms with E-state index in [4.69, 9.17) is 5.84 Å². The Morgan fingerprint density at radius 1 is 1.40 bits per heavy atom. The van der Waals surface area contributed by atoms with E-state index in [0.29, 0.717) is 11.7 Å². The van der Waals surface area contributed by atoms with E-state index in [9.17, 15) is 0 Å². The molecule has 1 aromatic heterocycles. The van der Waals surface area contributed by atoms with E-state index in [1.54, 1.807) is 0 Å². The van der Waals surface area contributed by atoms with E-state index in [2.05, 4.69) is 36.2 Å². The SMILES string of the molecule is CCCc1nc(CC(C)C)cc(NN)n1. The summed E-state index contributed by atoms with van der Waals surface area (Å²) in [7, 11) is 0. The number of rotatable bonds is 5. The first-order chi connectivity index (χ1) is 7.15. The first-order valence-electron chi connectivity index (χ1n) is 5.49. The van der Waals surface area contributed by atoms with Crippen LogP contribution in [0.25, 0.3) is 0 Å². The minimum absolute atomic E-state index is 0.597. The van der Waals surface area contributed by atoms with Crippen LogP contribution in [0.15, 0.2) is 6.07 Å². The van der Waals surface area contributed by atoms with Crippen molar-refractivity contribution in [3.05, 3.63) is 17.6 Å². The molecule has 0 saturated heterocycles. The maximum atomic E-state index is 5.37. The fourth-order valence-corrected chi connectivity index (χ4v) is 1.48. The minimum Gasteiger partial charge on any atom is -0.308 e. The topological polar surface area (TPSA) is 63.8 Å². The van der Waals surface area contributed by atoms with Crippen LogP contribution in [0.2, 0.25) is 0 Å². The molecule has 0 aromatic carbocycles. The van der Waals surface area contributed by atoms with Gasteiger partial charge in [-0.1, -0.05) is 20.8 Å². The van der Waals surface area contributed by atoms with Crippen molar-refractivity contribution in [3.63, 3.8) is 0 Å². The van der Waals surface area contributed by atoms with Crippen LogP contribution in [0.4, 0.5) is 5.82 Å². The fraction of sp³-hybridized carbons (Fsp3) is 0.636. The van der Waals surface area contributed by atoms with Crippen LogP contribution in [-0.2, 0) is 12.8 Å². The second-order valence-corrected chi connectivity index (χ2v) is 4.15. The van der Waals surface area contributed by atoms with Gasteiger partial charge in [0.25, 0.3) is 0 Å². The summed E-state index contributed by atoms with van der Waals surface area (Å²) < 4.78 is 0. The molecule has 1 heterocycles. The zero-order valence-corrected chi connectivity index (χ0v) is 9.75. The molecule has 1 aromatic rings. The van der Waals surface area contributed by atoms with Gasteiger partial charge in [0.15, 0.2) is 0 Å². The van der Waals surface area contributed by atoms with E-state index in [-0.39, 0.29) is 0 Å². The maximum absolute atomic E-state index is 5.37. The van der Waals surface area contributed by atoms with Gasteiger partial charge in [0, 0.05) is 18.2 Å². The molecular weight excluding hydrogens is 188 g/mol. The number of anilines is 1. The third-order valence-electron chi connectivity index (χ3n) is 2.06. The van der Waals surface area contributed by atoms with Crippen LogP contribution in [0.1, 0.15) is 38.7 Å². The second-order valence-electron chi connectivity index (χ2n) is 4.15. The van der Waals surface area contributed by atoms with Gasteiger partial charge in [0.2, 0.25) is 0 Å². The minimum atomic E-state index is 0.597. The van der Waals surface area contributed by atoms with Crippen molar-refractivity contribution in [2.24, 2.45) is 11.8 Å². The lowest BCUT2D eigenvalue weighted by Crippen LogP contribution is -2.12. The van der Waals surface area contributed by atoms with Crippen LogP contribution in [0, 0.1) is 5.92 Å². The quantitative estimate of drug-likeness (QED) is 0.573. The maximum Gasteiger partial charge on any atom is 0.143 e. The van der Waals surface area contributed by atoms with E-state index in [1.165, 1.54) is 0 Å². The van der Waals surface area contributed by atoms with Gasteiger partial charge in [-0.15, -0.1) is 0 Å². The largest absolute Gasteiger partial charge is 0.308 e. The van der Waals surface area contributed by atoms with Crippen molar-refractivity contribution in [1.82, 2.24) is 9.97 Å².